The van der Waals surface area contributed by atoms with Gasteiger partial charge < -0.3 is 0 Å². The summed E-state index contributed by atoms with van der Waals surface area (Å²) in [5.41, 5.74) is 1.74. The minimum absolute atomic E-state index is 0.237. The van der Waals surface area contributed by atoms with Crippen LogP contribution in [-0.2, 0) is 16.4 Å². The largest absolute Gasteiger partial charge is 0.280 e. The number of aryl methyl sites for hydroxylation is 1. The van der Waals surface area contributed by atoms with Gasteiger partial charge >= 0.3 is 0 Å². The van der Waals surface area contributed by atoms with Crippen molar-refractivity contribution in [1.29, 1.82) is 0 Å². The average Bonchev–Trinajstić information content (AvgIpc) is 2.39. The van der Waals surface area contributed by atoms with Gasteiger partial charge in [-0.3, -0.25) is 4.72 Å². The van der Waals surface area contributed by atoms with Crippen LogP contribution in [-0.4, -0.2) is 8.42 Å². The van der Waals surface area contributed by atoms with Gasteiger partial charge in [0.25, 0.3) is 10.0 Å². The zero-order chi connectivity index (χ0) is 13.9. The van der Waals surface area contributed by atoms with Crippen molar-refractivity contribution >= 4 is 31.6 Å². The SMILES string of the molecule is CCc1ccc(NS(=O)(=O)c2cccc(Br)c2)cc1. The number of sulfonamides is 1. The highest BCUT2D eigenvalue weighted by Crippen LogP contribution is 2.19. The third-order valence-corrected chi connectivity index (χ3v) is 4.59. The van der Waals surface area contributed by atoms with E-state index in [9.17, 15) is 8.42 Å². The van der Waals surface area contributed by atoms with Gasteiger partial charge in [-0.25, -0.2) is 8.42 Å². The molecule has 0 saturated carbocycles. The fourth-order valence-corrected chi connectivity index (χ4v) is 3.31. The van der Waals surface area contributed by atoms with Crippen molar-refractivity contribution in [2.24, 2.45) is 0 Å². The molecule has 0 aromatic heterocycles. The normalized spacial score (nSPS) is 11.3. The third kappa shape index (κ3) is 3.58. The molecular formula is C14H14BrNO2S. The lowest BCUT2D eigenvalue weighted by Gasteiger charge is -2.08. The fraction of sp³-hybridized carbons (Fsp3) is 0.143. The summed E-state index contributed by atoms with van der Waals surface area (Å²) in [5, 5.41) is 0. The van der Waals surface area contributed by atoms with E-state index in [0.717, 1.165) is 10.9 Å². The van der Waals surface area contributed by atoms with Gasteiger partial charge in [0.05, 0.1) is 4.90 Å². The number of hydrogen-bond donors (Lipinski definition) is 1. The molecule has 2 aromatic rings. The molecule has 0 atom stereocenters. The second-order valence-electron chi connectivity index (χ2n) is 4.11. The van der Waals surface area contributed by atoms with Crippen LogP contribution in [0.25, 0.3) is 0 Å². The molecule has 0 unspecified atom stereocenters. The highest BCUT2D eigenvalue weighted by atomic mass is 79.9. The minimum Gasteiger partial charge on any atom is -0.280 e. The molecule has 0 spiro atoms. The van der Waals surface area contributed by atoms with E-state index in [2.05, 4.69) is 27.6 Å². The molecule has 100 valence electrons. The Hall–Kier alpha value is -1.33. The van der Waals surface area contributed by atoms with Crippen LogP contribution < -0.4 is 4.72 Å². The molecule has 2 aromatic carbocycles. The summed E-state index contributed by atoms with van der Waals surface area (Å²) in [6.07, 6.45) is 0.929. The van der Waals surface area contributed by atoms with E-state index in [0.29, 0.717) is 5.69 Å². The van der Waals surface area contributed by atoms with Gasteiger partial charge in [0, 0.05) is 10.2 Å². The van der Waals surface area contributed by atoms with Gasteiger partial charge in [-0.05, 0) is 42.3 Å². The van der Waals surface area contributed by atoms with E-state index >= 15 is 0 Å². The Kier molecular flexibility index (Phi) is 4.27. The predicted molar refractivity (Wildman–Crippen MR) is 80.8 cm³/mol. The Morgan fingerprint density at radius 3 is 2.37 bits per heavy atom. The third-order valence-electron chi connectivity index (χ3n) is 2.72. The molecule has 0 radical (unpaired) electrons. The molecule has 0 amide bonds. The Morgan fingerprint density at radius 1 is 1.11 bits per heavy atom. The van der Waals surface area contributed by atoms with Gasteiger partial charge in [-0.2, -0.15) is 0 Å². The first-order valence-corrected chi connectivity index (χ1v) is 8.16. The standard InChI is InChI=1S/C14H14BrNO2S/c1-2-11-6-8-13(9-7-11)16-19(17,18)14-5-3-4-12(15)10-14/h3-10,16H,2H2,1H3. The highest BCUT2D eigenvalue weighted by molar-refractivity contribution is 9.10. The molecule has 0 aliphatic carbocycles. The van der Waals surface area contributed by atoms with Gasteiger partial charge in [0.1, 0.15) is 0 Å². The van der Waals surface area contributed by atoms with Crippen LogP contribution in [0.15, 0.2) is 57.9 Å². The van der Waals surface area contributed by atoms with Crippen molar-refractivity contribution in [3.05, 3.63) is 58.6 Å². The highest BCUT2D eigenvalue weighted by Gasteiger charge is 2.14. The van der Waals surface area contributed by atoms with Crippen molar-refractivity contribution in [1.82, 2.24) is 0 Å². The zero-order valence-electron chi connectivity index (χ0n) is 10.4. The number of anilines is 1. The van der Waals surface area contributed by atoms with Crippen LogP contribution in [0.3, 0.4) is 0 Å². The smallest absolute Gasteiger partial charge is 0.261 e. The molecule has 19 heavy (non-hydrogen) atoms. The maximum atomic E-state index is 12.2. The number of rotatable bonds is 4. The Labute approximate surface area is 121 Å². The van der Waals surface area contributed by atoms with E-state index in [1.54, 1.807) is 36.4 Å². The number of nitrogens with one attached hydrogen (secondary N) is 1. The summed E-state index contributed by atoms with van der Waals surface area (Å²) in [6, 6.07) is 14.0. The second-order valence-corrected chi connectivity index (χ2v) is 6.71. The van der Waals surface area contributed by atoms with Gasteiger partial charge in [0.15, 0.2) is 0 Å². The molecule has 0 saturated heterocycles. The molecular weight excluding hydrogens is 326 g/mol. The summed E-state index contributed by atoms with van der Waals surface area (Å²) < 4.78 is 27.7. The van der Waals surface area contributed by atoms with E-state index < -0.39 is 10.0 Å². The summed E-state index contributed by atoms with van der Waals surface area (Å²) >= 11 is 3.27. The number of hydrogen-bond acceptors (Lipinski definition) is 2. The Morgan fingerprint density at radius 2 is 1.79 bits per heavy atom. The fourth-order valence-electron chi connectivity index (χ4n) is 1.66. The van der Waals surface area contributed by atoms with E-state index in [4.69, 9.17) is 0 Å². The van der Waals surface area contributed by atoms with Crippen molar-refractivity contribution < 1.29 is 8.42 Å². The number of benzene rings is 2. The van der Waals surface area contributed by atoms with Crippen LogP contribution >= 0.6 is 15.9 Å². The topological polar surface area (TPSA) is 46.2 Å². The zero-order valence-corrected chi connectivity index (χ0v) is 12.8. The van der Waals surface area contributed by atoms with Crippen molar-refractivity contribution in [3.63, 3.8) is 0 Å². The van der Waals surface area contributed by atoms with Crippen LogP contribution in [0.1, 0.15) is 12.5 Å². The maximum absolute atomic E-state index is 12.2. The summed E-state index contributed by atoms with van der Waals surface area (Å²) in [6.45, 7) is 2.06. The Balaban J connectivity index is 2.25. The summed E-state index contributed by atoms with van der Waals surface area (Å²) in [7, 11) is -3.54. The van der Waals surface area contributed by atoms with Crippen molar-refractivity contribution in [2.75, 3.05) is 4.72 Å². The molecule has 0 bridgehead atoms. The quantitative estimate of drug-likeness (QED) is 0.920. The molecule has 0 aliphatic rings. The molecule has 0 heterocycles. The van der Waals surface area contributed by atoms with Gasteiger partial charge in [-0.1, -0.05) is 41.1 Å². The summed E-state index contributed by atoms with van der Waals surface area (Å²) in [5.74, 6) is 0. The minimum atomic E-state index is -3.54. The van der Waals surface area contributed by atoms with Crippen LogP contribution in [0, 0.1) is 0 Å². The monoisotopic (exact) mass is 339 g/mol. The predicted octanol–water partition coefficient (Wildman–Crippen LogP) is 3.81. The van der Waals surface area contributed by atoms with E-state index in [1.807, 2.05) is 12.1 Å². The molecule has 0 aliphatic heterocycles. The lowest BCUT2D eigenvalue weighted by Crippen LogP contribution is -2.12. The van der Waals surface area contributed by atoms with E-state index in [-0.39, 0.29) is 4.90 Å². The van der Waals surface area contributed by atoms with Crippen LogP contribution in [0.2, 0.25) is 0 Å². The second kappa shape index (κ2) is 5.75. The van der Waals surface area contributed by atoms with E-state index in [1.165, 1.54) is 5.56 Å². The molecule has 2 rings (SSSR count). The van der Waals surface area contributed by atoms with Gasteiger partial charge in [0.2, 0.25) is 0 Å². The summed E-state index contributed by atoms with van der Waals surface area (Å²) in [4.78, 5) is 0.237. The maximum Gasteiger partial charge on any atom is 0.261 e. The molecule has 5 heteroatoms. The molecule has 3 nitrogen and oxygen atoms in total. The lowest BCUT2D eigenvalue weighted by atomic mass is 10.2. The number of halogens is 1. The van der Waals surface area contributed by atoms with Gasteiger partial charge in [-0.15, -0.1) is 0 Å². The van der Waals surface area contributed by atoms with Crippen LogP contribution in [0.4, 0.5) is 5.69 Å². The first-order chi connectivity index (χ1) is 9.01. The van der Waals surface area contributed by atoms with Crippen molar-refractivity contribution in [2.45, 2.75) is 18.2 Å². The lowest BCUT2D eigenvalue weighted by molar-refractivity contribution is 0.601. The molecule has 0 fully saturated rings. The molecule has 1 N–H and O–H groups in total. The van der Waals surface area contributed by atoms with Crippen molar-refractivity contribution in [3.8, 4) is 0 Å². The average molecular weight is 340 g/mol. The van der Waals surface area contributed by atoms with Crippen LogP contribution in [0.5, 0.6) is 0 Å². The first-order valence-electron chi connectivity index (χ1n) is 5.88. The first kappa shape index (κ1) is 14.1. The Bertz CT molecular complexity index is 666.